The molecule has 1 N–H and O–H groups in total. The SMILES string of the molecule is COC(=O)C(C)CN(CCO)C(=O)c1ccc(C)c(C)c1. The predicted molar refractivity (Wildman–Crippen MR) is 80.1 cm³/mol. The van der Waals surface area contributed by atoms with Crippen molar-refractivity contribution in [1.29, 1.82) is 0 Å². The summed E-state index contributed by atoms with van der Waals surface area (Å²) in [6.45, 7) is 5.88. The summed E-state index contributed by atoms with van der Waals surface area (Å²) in [6.07, 6.45) is 0. The number of methoxy groups -OCH3 is 1. The van der Waals surface area contributed by atoms with Crippen molar-refractivity contribution >= 4 is 11.9 Å². The largest absolute Gasteiger partial charge is 0.469 e. The summed E-state index contributed by atoms with van der Waals surface area (Å²) < 4.78 is 4.67. The van der Waals surface area contributed by atoms with E-state index in [2.05, 4.69) is 4.74 Å². The topological polar surface area (TPSA) is 66.8 Å². The zero-order valence-corrected chi connectivity index (χ0v) is 13.0. The molecule has 1 atom stereocenters. The van der Waals surface area contributed by atoms with Crippen molar-refractivity contribution in [2.24, 2.45) is 5.92 Å². The van der Waals surface area contributed by atoms with Crippen LogP contribution in [0.2, 0.25) is 0 Å². The second-order valence-corrected chi connectivity index (χ2v) is 5.20. The lowest BCUT2D eigenvalue weighted by atomic mass is 10.0. The number of benzene rings is 1. The van der Waals surface area contributed by atoms with Crippen molar-refractivity contribution < 1.29 is 19.4 Å². The molecule has 0 radical (unpaired) electrons. The molecule has 0 aliphatic heterocycles. The van der Waals surface area contributed by atoms with Gasteiger partial charge in [-0.2, -0.15) is 0 Å². The molecule has 1 amide bonds. The number of hydrogen-bond donors (Lipinski definition) is 1. The second-order valence-electron chi connectivity index (χ2n) is 5.20. The van der Waals surface area contributed by atoms with Gasteiger partial charge in [0.1, 0.15) is 0 Å². The van der Waals surface area contributed by atoms with Gasteiger partial charge < -0.3 is 14.7 Å². The lowest BCUT2D eigenvalue weighted by Gasteiger charge is -2.24. The van der Waals surface area contributed by atoms with Gasteiger partial charge in [0.25, 0.3) is 5.91 Å². The highest BCUT2D eigenvalue weighted by atomic mass is 16.5. The lowest BCUT2D eigenvalue weighted by Crippen LogP contribution is -2.39. The Kier molecular flexibility index (Phi) is 6.37. The van der Waals surface area contributed by atoms with E-state index in [4.69, 9.17) is 5.11 Å². The number of hydrogen-bond acceptors (Lipinski definition) is 4. The third-order valence-corrected chi connectivity index (χ3v) is 3.51. The van der Waals surface area contributed by atoms with E-state index in [1.807, 2.05) is 26.0 Å². The van der Waals surface area contributed by atoms with Gasteiger partial charge in [-0.1, -0.05) is 13.0 Å². The van der Waals surface area contributed by atoms with Crippen LogP contribution in [-0.4, -0.2) is 48.7 Å². The van der Waals surface area contributed by atoms with E-state index in [1.165, 1.54) is 12.0 Å². The van der Waals surface area contributed by atoms with E-state index in [1.54, 1.807) is 13.0 Å². The number of carbonyl (C=O) groups excluding carboxylic acids is 2. The van der Waals surface area contributed by atoms with Gasteiger partial charge in [-0.15, -0.1) is 0 Å². The minimum atomic E-state index is -0.433. The Morgan fingerprint density at radius 2 is 1.95 bits per heavy atom. The molecule has 1 rings (SSSR count). The number of aryl methyl sites for hydroxylation is 2. The van der Waals surface area contributed by atoms with Crippen LogP contribution in [0.25, 0.3) is 0 Å². The van der Waals surface area contributed by atoms with E-state index < -0.39 is 5.92 Å². The third-order valence-electron chi connectivity index (χ3n) is 3.51. The average molecular weight is 293 g/mol. The van der Waals surface area contributed by atoms with Crippen molar-refractivity contribution in [1.82, 2.24) is 4.90 Å². The van der Waals surface area contributed by atoms with Gasteiger partial charge in [0.15, 0.2) is 0 Å². The number of aliphatic hydroxyl groups excluding tert-OH is 1. The predicted octanol–water partition coefficient (Wildman–Crippen LogP) is 1.55. The highest BCUT2D eigenvalue weighted by molar-refractivity contribution is 5.94. The first-order chi connectivity index (χ1) is 9.90. The number of ether oxygens (including phenoxy) is 1. The number of esters is 1. The minimum Gasteiger partial charge on any atom is -0.469 e. The number of aliphatic hydroxyl groups is 1. The molecule has 0 aromatic heterocycles. The molecule has 0 bridgehead atoms. The Bertz CT molecular complexity index is 513. The summed E-state index contributed by atoms with van der Waals surface area (Å²) in [5, 5.41) is 9.13. The van der Waals surface area contributed by atoms with Crippen LogP contribution in [0.5, 0.6) is 0 Å². The van der Waals surface area contributed by atoms with Gasteiger partial charge in [0, 0.05) is 18.7 Å². The van der Waals surface area contributed by atoms with E-state index in [-0.39, 0.29) is 31.6 Å². The first-order valence-corrected chi connectivity index (χ1v) is 6.96. The Morgan fingerprint density at radius 3 is 2.48 bits per heavy atom. The monoisotopic (exact) mass is 293 g/mol. The van der Waals surface area contributed by atoms with Crippen LogP contribution in [0.4, 0.5) is 0 Å². The Morgan fingerprint density at radius 1 is 1.29 bits per heavy atom. The van der Waals surface area contributed by atoms with E-state index >= 15 is 0 Å². The van der Waals surface area contributed by atoms with Crippen LogP contribution in [0.1, 0.15) is 28.4 Å². The van der Waals surface area contributed by atoms with Crippen LogP contribution in [-0.2, 0) is 9.53 Å². The lowest BCUT2D eigenvalue weighted by molar-refractivity contribution is -0.145. The van der Waals surface area contributed by atoms with Gasteiger partial charge in [-0.3, -0.25) is 9.59 Å². The molecule has 5 heteroatoms. The van der Waals surface area contributed by atoms with Crippen molar-refractivity contribution in [2.75, 3.05) is 26.8 Å². The Balaban J connectivity index is 2.90. The van der Waals surface area contributed by atoms with Crippen LogP contribution in [0.15, 0.2) is 18.2 Å². The maximum atomic E-state index is 12.5. The molecule has 1 aromatic carbocycles. The zero-order chi connectivity index (χ0) is 16.0. The van der Waals surface area contributed by atoms with Crippen LogP contribution in [0.3, 0.4) is 0 Å². The normalized spacial score (nSPS) is 11.9. The maximum absolute atomic E-state index is 12.5. The molecule has 0 fully saturated rings. The highest BCUT2D eigenvalue weighted by Gasteiger charge is 2.22. The average Bonchev–Trinajstić information content (AvgIpc) is 2.47. The highest BCUT2D eigenvalue weighted by Crippen LogP contribution is 2.13. The van der Waals surface area contributed by atoms with Gasteiger partial charge >= 0.3 is 5.97 Å². The fraction of sp³-hybridized carbons (Fsp3) is 0.500. The second kappa shape index (κ2) is 7.78. The molecule has 21 heavy (non-hydrogen) atoms. The first kappa shape index (κ1) is 17.2. The van der Waals surface area contributed by atoms with Crippen LogP contribution < -0.4 is 0 Å². The molecule has 0 heterocycles. The molecule has 0 saturated heterocycles. The molecular formula is C16H23NO4. The minimum absolute atomic E-state index is 0.148. The fourth-order valence-corrected chi connectivity index (χ4v) is 2.06. The van der Waals surface area contributed by atoms with Gasteiger partial charge in [0.05, 0.1) is 19.6 Å². The third kappa shape index (κ3) is 4.56. The molecule has 0 spiro atoms. The number of amides is 1. The zero-order valence-electron chi connectivity index (χ0n) is 13.0. The molecule has 0 saturated carbocycles. The number of rotatable bonds is 6. The van der Waals surface area contributed by atoms with E-state index in [9.17, 15) is 9.59 Å². The number of nitrogens with zero attached hydrogens (tertiary/aromatic N) is 1. The van der Waals surface area contributed by atoms with Gasteiger partial charge in [-0.05, 0) is 37.1 Å². The summed E-state index contributed by atoms with van der Waals surface area (Å²) in [7, 11) is 1.32. The quantitative estimate of drug-likeness (QED) is 0.808. The summed E-state index contributed by atoms with van der Waals surface area (Å²) in [5.74, 6) is -0.995. The fourth-order valence-electron chi connectivity index (χ4n) is 2.06. The summed E-state index contributed by atoms with van der Waals surface area (Å²) in [5.41, 5.74) is 2.71. The standard InChI is InChI=1S/C16H23NO4/c1-11-5-6-14(9-12(11)2)15(19)17(7-8-18)10-13(3)16(20)21-4/h5-6,9,13,18H,7-8,10H2,1-4H3. The summed E-state index contributed by atoms with van der Waals surface area (Å²) >= 11 is 0. The van der Waals surface area contributed by atoms with Crippen molar-refractivity contribution in [3.63, 3.8) is 0 Å². The van der Waals surface area contributed by atoms with Gasteiger partial charge in [-0.25, -0.2) is 0 Å². The first-order valence-electron chi connectivity index (χ1n) is 6.96. The van der Waals surface area contributed by atoms with Crippen molar-refractivity contribution in [3.8, 4) is 0 Å². The van der Waals surface area contributed by atoms with Crippen LogP contribution in [0, 0.1) is 19.8 Å². The Labute approximate surface area is 125 Å². The van der Waals surface area contributed by atoms with E-state index in [0.29, 0.717) is 5.56 Å². The molecular weight excluding hydrogens is 270 g/mol. The molecule has 0 aliphatic rings. The summed E-state index contributed by atoms with van der Waals surface area (Å²) in [4.78, 5) is 25.5. The summed E-state index contributed by atoms with van der Waals surface area (Å²) in [6, 6.07) is 5.48. The maximum Gasteiger partial charge on any atom is 0.310 e. The molecule has 0 aliphatic carbocycles. The smallest absolute Gasteiger partial charge is 0.310 e. The number of carbonyl (C=O) groups is 2. The van der Waals surface area contributed by atoms with Crippen LogP contribution >= 0.6 is 0 Å². The molecule has 1 aromatic rings. The van der Waals surface area contributed by atoms with E-state index in [0.717, 1.165) is 11.1 Å². The molecule has 5 nitrogen and oxygen atoms in total. The Hall–Kier alpha value is -1.88. The molecule has 1 unspecified atom stereocenters. The molecule has 116 valence electrons. The van der Waals surface area contributed by atoms with Gasteiger partial charge in [0.2, 0.25) is 0 Å². The van der Waals surface area contributed by atoms with Crippen molar-refractivity contribution in [3.05, 3.63) is 34.9 Å². The van der Waals surface area contributed by atoms with Crippen molar-refractivity contribution in [2.45, 2.75) is 20.8 Å².